The summed E-state index contributed by atoms with van der Waals surface area (Å²) in [6.45, 7) is 10.9. The molecule has 0 aliphatic carbocycles. The number of anilines is 5. The lowest BCUT2D eigenvalue weighted by Gasteiger charge is -2.34. The van der Waals surface area contributed by atoms with E-state index in [4.69, 9.17) is 14.7 Å². The highest BCUT2D eigenvalue weighted by atomic mass is 16.6. The molecule has 4 heterocycles. The first-order chi connectivity index (χ1) is 20.2. The summed E-state index contributed by atoms with van der Waals surface area (Å²) in [5.41, 5.74) is 3.89. The molecule has 0 radical (unpaired) electrons. The average Bonchev–Trinajstić information content (AvgIpc) is 3.58. The van der Waals surface area contributed by atoms with Crippen LogP contribution in [0, 0.1) is 0 Å². The first kappa shape index (κ1) is 27.8. The van der Waals surface area contributed by atoms with Crippen LogP contribution in [0.2, 0.25) is 0 Å². The standard InChI is InChI=1S/C31H39N9O2/c1-31(2,3)42-30(41)39-15-14-25(21-39)40-27-26(35-29(40)34-22-8-6-5-7-9-22)20-32-28(36-27)33-23-10-12-24(13-11-23)38-18-16-37(4)17-19-38/h5-13,20,25H,14-19,21H2,1-4H3,(H,34,35)(H,32,33,36). The molecule has 1 amide bonds. The lowest BCUT2D eigenvalue weighted by atomic mass is 10.2. The van der Waals surface area contributed by atoms with Crippen LogP contribution in [0.5, 0.6) is 0 Å². The van der Waals surface area contributed by atoms with E-state index in [1.165, 1.54) is 5.69 Å². The topological polar surface area (TPSA) is 104 Å². The number of imidazole rings is 1. The highest BCUT2D eigenvalue weighted by Crippen LogP contribution is 2.32. The van der Waals surface area contributed by atoms with Gasteiger partial charge in [0.25, 0.3) is 0 Å². The van der Waals surface area contributed by atoms with Crippen molar-refractivity contribution in [2.24, 2.45) is 0 Å². The number of likely N-dealkylation sites (tertiary alicyclic amines) is 1. The second-order valence-electron chi connectivity index (χ2n) is 12.0. The van der Waals surface area contributed by atoms with Gasteiger partial charge < -0.3 is 30.1 Å². The minimum absolute atomic E-state index is 0.0284. The van der Waals surface area contributed by atoms with Gasteiger partial charge in [0.15, 0.2) is 5.65 Å². The fourth-order valence-electron chi connectivity index (χ4n) is 5.43. The number of aromatic nitrogens is 4. The summed E-state index contributed by atoms with van der Waals surface area (Å²) in [7, 11) is 2.16. The Morgan fingerprint density at radius 1 is 0.905 bits per heavy atom. The van der Waals surface area contributed by atoms with Crippen molar-refractivity contribution in [2.45, 2.75) is 38.8 Å². The summed E-state index contributed by atoms with van der Waals surface area (Å²) in [5.74, 6) is 1.15. The Labute approximate surface area is 246 Å². The van der Waals surface area contributed by atoms with Crippen LogP contribution in [0.3, 0.4) is 0 Å². The van der Waals surface area contributed by atoms with Crippen LogP contribution in [0.4, 0.5) is 33.8 Å². The molecule has 4 aromatic rings. The first-order valence-electron chi connectivity index (χ1n) is 14.6. The molecule has 11 heteroatoms. The maximum Gasteiger partial charge on any atom is 0.410 e. The predicted octanol–water partition coefficient (Wildman–Crippen LogP) is 5.25. The van der Waals surface area contributed by atoms with E-state index >= 15 is 0 Å². The van der Waals surface area contributed by atoms with Gasteiger partial charge in [-0.05, 0) is 70.6 Å². The molecule has 0 spiro atoms. The second-order valence-corrected chi connectivity index (χ2v) is 12.0. The van der Waals surface area contributed by atoms with Crippen LogP contribution in [0.25, 0.3) is 11.2 Å². The van der Waals surface area contributed by atoms with Crippen molar-refractivity contribution in [3.8, 4) is 0 Å². The molecule has 2 aromatic heterocycles. The van der Waals surface area contributed by atoms with E-state index in [0.717, 1.165) is 44.0 Å². The van der Waals surface area contributed by atoms with E-state index in [1.54, 1.807) is 11.1 Å². The van der Waals surface area contributed by atoms with E-state index in [-0.39, 0.29) is 12.1 Å². The SMILES string of the molecule is CN1CCN(c2ccc(Nc3ncc4nc(Nc5ccccc5)n(C5CCN(C(=O)OC(C)(C)C)C5)c4n3)cc2)CC1. The van der Waals surface area contributed by atoms with Crippen molar-refractivity contribution in [1.29, 1.82) is 0 Å². The van der Waals surface area contributed by atoms with Gasteiger partial charge in [0.1, 0.15) is 11.1 Å². The Morgan fingerprint density at radius 3 is 2.33 bits per heavy atom. The van der Waals surface area contributed by atoms with Crippen LogP contribution in [0.1, 0.15) is 33.2 Å². The quantitative estimate of drug-likeness (QED) is 0.322. The third-order valence-corrected chi connectivity index (χ3v) is 7.63. The number of piperazine rings is 1. The Hall–Kier alpha value is -4.38. The maximum absolute atomic E-state index is 12.8. The van der Waals surface area contributed by atoms with Gasteiger partial charge in [0.2, 0.25) is 11.9 Å². The molecular formula is C31H39N9O2. The number of nitrogens with one attached hydrogen (secondary N) is 2. The summed E-state index contributed by atoms with van der Waals surface area (Å²) in [5, 5.41) is 6.82. The number of carbonyl (C=O) groups excluding carboxylic acids is 1. The average molecular weight is 570 g/mol. The van der Waals surface area contributed by atoms with Gasteiger partial charge in [-0.2, -0.15) is 4.98 Å². The predicted molar refractivity (Wildman–Crippen MR) is 166 cm³/mol. The fraction of sp³-hybridized carbons (Fsp3) is 0.419. The number of amides is 1. The molecule has 1 atom stereocenters. The maximum atomic E-state index is 12.8. The molecule has 220 valence electrons. The van der Waals surface area contributed by atoms with Crippen molar-refractivity contribution < 1.29 is 9.53 Å². The number of fused-ring (bicyclic) bond motifs is 1. The zero-order valence-corrected chi connectivity index (χ0v) is 24.7. The zero-order valence-electron chi connectivity index (χ0n) is 24.7. The van der Waals surface area contributed by atoms with E-state index in [0.29, 0.717) is 36.2 Å². The van der Waals surface area contributed by atoms with Crippen LogP contribution >= 0.6 is 0 Å². The second kappa shape index (κ2) is 11.5. The third-order valence-electron chi connectivity index (χ3n) is 7.63. The molecule has 6 rings (SSSR count). The van der Waals surface area contributed by atoms with Gasteiger partial charge >= 0.3 is 6.09 Å². The molecule has 2 N–H and O–H groups in total. The molecule has 1 unspecified atom stereocenters. The number of rotatable bonds is 6. The molecule has 11 nitrogen and oxygen atoms in total. The van der Waals surface area contributed by atoms with Crippen LogP contribution in [0.15, 0.2) is 60.8 Å². The number of likely N-dealkylation sites (N-methyl/N-ethyl adjacent to an activating group) is 1. The Bertz CT molecular complexity index is 1520. The Morgan fingerprint density at radius 2 is 1.62 bits per heavy atom. The van der Waals surface area contributed by atoms with Gasteiger partial charge in [-0.3, -0.25) is 4.57 Å². The molecule has 2 aliphatic heterocycles. The molecule has 2 aliphatic rings. The summed E-state index contributed by atoms with van der Waals surface area (Å²) >= 11 is 0. The van der Waals surface area contributed by atoms with Gasteiger partial charge in [0.05, 0.1) is 12.2 Å². The molecule has 0 saturated carbocycles. The number of nitrogens with zero attached hydrogens (tertiary/aromatic N) is 7. The number of hydrogen-bond donors (Lipinski definition) is 2. The Balaban J connectivity index is 1.26. The van der Waals surface area contributed by atoms with Crippen molar-refractivity contribution in [1.82, 2.24) is 29.3 Å². The largest absolute Gasteiger partial charge is 0.444 e. The molecule has 0 bridgehead atoms. The van der Waals surface area contributed by atoms with Gasteiger partial charge in [0, 0.05) is 56.3 Å². The molecule has 2 saturated heterocycles. The lowest BCUT2D eigenvalue weighted by Crippen LogP contribution is -2.44. The summed E-state index contributed by atoms with van der Waals surface area (Å²) in [4.78, 5) is 33.7. The number of ether oxygens (including phenoxy) is 1. The van der Waals surface area contributed by atoms with Crippen LogP contribution in [-0.4, -0.2) is 87.3 Å². The highest BCUT2D eigenvalue weighted by Gasteiger charge is 2.33. The van der Waals surface area contributed by atoms with Gasteiger partial charge in [-0.15, -0.1) is 0 Å². The van der Waals surface area contributed by atoms with E-state index in [2.05, 4.69) is 61.3 Å². The smallest absolute Gasteiger partial charge is 0.410 e. The fourth-order valence-corrected chi connectivity index (χ4v) is 5.43. The van der Waals surface area contributed by atoms with Gasteiger partial charge in [-0.25, -0.2) is 14.8 Å². The molecular weight excluding hydrogens is 530 g/mol. The number of para-hydroxylation sites is 1. The first-order valence-corrected chi connectivity index (χ1v) is 14.6. The van der Waals surface area contributed by atoms with E-state index in [1.807, 2.05) is 51.1 Å². The number of hydrogen-bond acceptors (Lipinski definition) is 9. The number of benzene rings is 2. The van der Waals surface area contributed by atoms with Crippen molar-refractivity contribution >= 4 is 46.2 Å². The summed E-state index contributed by atoms with van der Waals surface area (Å²) in [6, 6.07) is 18.3. The lowest BCUT2D eigenvalue weighted by molar-refractivity contribution is 0.0289. The van der Waals surface area contributed by atoms with Crippen molar-refractivity contribution in [3.05, 3.63) is 60.8 Å². The summed E-state index contributed by atoms with van der Waals surface area (Å²) < 4.78 is 7.74. The molecule has 2 aromatic carbocycles. The van der Waals surface area contributed by atoms with Crippen LogP contribution < -0.4 is 15.5 Å². The summed E-state index contributed by atoms with van der Waals surface area (Å²) in [6.07, 6.45) is 2.20. The van der Waals surface area contributed by atoms with Gasteiger partial charge in [-0.1, -0.05) is 18.2 Å². The molecule has 2 fully saturated rings. The minimum Gasteiger partial charge on any atom is -0.444 e. The van der Waals surface area contributed by atoms with Crippen molar-refractivity contribution in [2.75, 3.05) is 61.8 Å². The van der Waals surface area contributed by atoms with Crippen LogP contribution in [-0.2, 0) is 4.74 Å². The van der Waals surface area contributed by atoms with Crippen molar-refractivity contribution in [3.63, 3.8) is 0 Å². The zero-order chi connectivity index (χ0) is 29.3. The Kier molecular flexibility index (Phi) is 7.59. The third kappa shape index (κ3) is 6.25. The van der Waals surface area contributed by atoms with E-state index < -0.39 is 5.60 Å². The molecule has 42 heavy (non-hydrogen) atoms. The normalized spacial score (nSPS) is 18.0. The minimum atomic E-state index is -0.548. The monoisotopic (exact) mass is 569 g/mol. The van der Waals surface area contributed by atoms with E-state index in [9.17, 15) is 4.79 Å². The highest BCUT2D eigenvalue weighted by molar-refractivity contribution is 5.77. The number of carbonyl (C=O) groups is 1.